The monoisotopic (exact) mass is 405 g/mol. The second kappa shape index (κ2) is 7.55. The highest BCUT2D eigenvalue weighted by molar-refractivity contribution is 9.10. The second-order valence-corrected chi connectivity index (χ2v) is 6.86. The zero-order chi connectivity index (χ0) is 14.5. The standard InChI is InChI=1S/C15H18Br2FNO/c16-8-10-3-1-2-4-11(10)9-19-15(20)13-7-12(17)5-6-14(13)18/h5-7,10-11H,1-4,8-9H2,(H,19,20). The van der Waals surface area contributed by atoms with Gasteiger partial charge in [-0.05, 0) is 42.9 Å². The van der Waals surface area contributed by atoms with Crippen molar-refractivity contribution in [1.29, 1.82) is 0 Å². The third-order valence-electron chi connectivity index (χ3n) is 3.96. The topological polar surface area (TPSA) is 29.1 Å². The van der Waals surface area contributed by atoms with Gasteiger partial charge in [0.05, 0.1) is 5.56 Å². The highest BCUT2D eigenvalue weighted by Crippen LogP contribution is 2.30. The molecule has 0 aromatic heterocycles. The third kappa shape index (κ3) is 4.04. The molecule has 1 saturated carbocycles. The van der Waals surface area contributed by atoms with E-state index in [2.05, 4.69) is 37.2 Å². The summed E-state index contributed by atoms with van der Waals surface area (Å²) in [6.45, 7) is 0.626. The molecule has 0 bridgehead atoms. The van der Waals surface area contributed by atoms with Gasteiger partial charge >= 0.3 is 0 Å². The van der Waals surface area contributed by atoms with Crippen LogP contribution in [0.2, 0.25) is 0 Å². The van der Waals surface area contributed by atoms with Gasteiger partial charge in [0, 0.05) is 16.3 Å². The number of carbonyl (C=O) groups excluding carboxylic acids is 1. The van der Waals surface area contributed by atoms with Crippen LogP contribution in [0.4, 0.5) is 4.39 Å². The van der Waals surface area contributed by atoms with E-state index in [1.54, 1.807) is 6.07 Å². The molecule has 0 heterocycles. The van der Waals surface area contributed by atoms with E-state index >= 15 is 0 Å². The fraction of sp³-hybridized carbons (Fsp3) is 0.533. The van der Waals surface area contributed by atoms with Gasteiger partial charge in [-0.2, -0.15) is 0 Å². The van der Waals surface area contributed by atoms with Gasteiger partial charge in [0.15, 0.2) is 0 Å². The molecule has 1 aromatic rings. The Bertz CT molecular complexity index is 481. The predicted octanol–water partition coefficient (Wildman–Crippen LogP) is 4.52. The molecule has 2 nitrogen and oxygen atoms in total. The highest BCUT2D eigenvalue weighted by Gasteiger charge is 2.25. The van der Waals surface area contributed by atoms with Crippen LogP contribution >= 0.6 is 31.9 Å². The Kier molecular flexibility index (Phi) is 6.02. The van der Waals surface area contributed by atoms with Crippen molar-refractivity contribution in [3.63, 3.8) is 0 Å². The van der Waals surface area contributed by atoms with Crippen molar-refractivity contribution in [2.45, 2.75) is 25.7 Å². The summed E-state index contributed by atoms with van der Waals surface area (Å²) in [5.41, 5.74) is 0.102. The van der Waals surface area contributed by atoms with Crippen LogP contribution in [-0.4, -0.2) is 17.8 Å². The SMILES string of the molecule is O=C(NCC1CCCCC1CBr)c1cc(Br)ccc1F. The van der Waals surface area contributed by atoms with Gasteiger partial charge in [-0.15, -0.1) is 0 Å². The maximum atomic E-state index is 13.6. The van der Waals surface area contributed by atoms with E-state index in [9.17, 15) is 9.18 Å². The zero-order valence-corrected chi connectivity index (χ0v) is 14.3. The fourth-order valence-electron chi connectivity index (χ4n) is 2.75. The molecule has 0 radical (unpaired) electrons. The molecule has 1 amide bonds. The van der Waals surface area contributed by atoms with Crippen molar-refractivity contribution < 1.29 is 9.18 Å². The lowest BCUT2D eigenvalue weighted by Gasteiger charge is -2.30. The molecule has 110 valence electrons. The number of halogens is 3. The van der Waals surface area contributed by atoms with Crippen LogP contribution in [0, 0.1) is 17.7 Å². The lowest BCUT2D eigenvalue weighted by molar-refractivity contribution is 0.0933. The number of benzene rings is 1. The molecule has 1 N–H and O–H groups in total. The molecule has 5 heteroatoms. The number of hydrogen-bond acceptors (Lipinski definition) is 1. The van der Waals surface area contributed by atoms with Gasteiger partial charge < -0.3 is 5.32 Å². The van der Waals surface area contributed by atoms with Crippen LogP contribution in [0.1, 0.15) is 36.0 Å². The second-order valence-electron chi connectivity index (χ2n) is 5.29. The Morgan fingerprint density at radius 1 is 1.30 bits per heavy atom. The molecule has 1 aromatic carbocycles. The summed E-state index contributed by atoms with van der Waals surface area (Å²) in [5.74, 6) is 0.285. The minimum atomic E-state index is -0.480. The van der Waals surface area contributed by atoms with Crippen molar-refractivity contribution in [2.24, 2.45) is 11.8 Å². The Balaban J connectivity index is 1.96. The predicted molar refractivity (Wildman–Crippen MR) is 85.7 cm³/mol. The molecule has 1 aliphatic rings. The lowest BCUT2D eigenvalue weighted by atomic mass is 9.80. The molecule has 2 atom stereocenters. The normalized spacial score (nSPS) is 22.6. The van der Waals surface area contributed by atoms with Gasteiger partial charge in [-0.25, -0.2) is 4.39 Å². The number of alkyl halides is 1. The molecule has 0 saturated heterocycles. The van der Waals surface area contributed by atoms with Gasteiger partial charge in [-0.1, -0.05) is 44.7 Å². The summed E-state index contributed by atoms with van der Waals surface area (Å²) in [5, 5.41) is 3.85. The molecular weight excluding hydrogens is 389 g/mol. The summed E-state index contributed by atoms with van der Waals surface area (Å²) in [7, 11) is 0. The van der Waals surface area contributed by atoms with E-state index in [1.807, 2.05) is 0 Å². The van der Waals surface area contributed by atoms with Crippen LogP contribution in [-0.2, 0) is 0 Å². The quantitative estimate of drug-likeness (QED) is 0.731. The smallest absolute Gasteiger partial charge is 0.254 e. The summed E-state index contributed by atoms with van der Waals surface area (Å²) < 4.78 is 14.3. The Labute approximate surface area is 135 Å². The van der Waals surface area contributed by atoms with Crippen LogP contribution in [0.15, 0.2) is 22.7 Å². The average Bonchev–Trinajstić information content (AvgIpc) is 2.47. The first kappa shape index (κ1) is 16.0. The molecule has 1 fully saturated rings. The maximum absolute atomic E-state index is 13.6. The molecular formula is C15H18Br2FNO. The van der Waals surface area contributed by atoms with E-state index in [-0.39, 0.29) is 11.5 Å². The molecule has 2 rings (SSSR count). The summed E-state index contributed by atoms with van der Waals surface area (Å²) >= 11 is 6.81. The van der Waals surface area contributed by atoms with Crippen molar-refractivity contribution in [3.05, 3.63) is 34.1 Å². The first-order chi connectivity index (χ1) is 9.61. The minimum absolute atomic E-state index is 0.102. The van der Waals surface area contributed by atoms with Gasteiger partial charge in [0.2, 0.25) is 0 Å². The Morgan fingerprint density at radius 3 is 2.70 bits per heavy atom. The third-order valence-corrected chi connectivity index (χ3v) is 5.29. The first-order valence-corrected chi connectivity index (χ1v) is 8.82. The highest BCUT2D eigenvalue weighted by atomic mass is 79.9. The fourth-order valence-corrected chi connectivity index (χ4v) is 3.96. The number of rotatable bonds is 4. The van der Waals surface area contributed by atoms with Crippen LogP contribution in [0.25, 0.3) is 0 Å². The summed E-state index contributed by atoms with van der Waals surface area (Å²) in [6, 6.07) is 4.42. The maximum Gasteiger partial charge on any atom is 0.254 e. The molecule has 0 aliphatic heterocycles. The lowest BCUT2D eigenvalue weighted by Crippen LogP contribution is -2.35. The number of hydrogen-bond donors (Lipinski definition) is 1. The molecule has 20 heavy (non-hydrogen) atoms. The molecule has 0 spiro atoms. The average molecular weight is 407 g/mol. The van der Waals surface area contributed by atoms with E-state index < -0.39 is 5.82 Å². The summed E-state index contributed by atoms with van der Waals surface area (Å²) in [4.78, 5) is 12.1. The zero-order valence-electron chi connectivity index (χ0n) is 11.2. The Morgan fingerprint density at radius 2 is 2.00 bits per heavy atom. The molecule has 2 unspecified atom stereocenters. The van der Waals surface area contributed by atoms with Gasteiger partial charge in [-0.3, -0.25) is 4.79 Å². The summed E-state index contributed by atoms with van der Waals surface area (Å²) in [6.07, 6.45) is 4.82. The van der Waals surface area contributed by atoms with Crippen LogP contribution in [0.5, 0.6) is 0 Å². The Hall–Kier alpha value is -0.420. The van der Waals surface area contributed by atoms with Crippen molar-refractivity contribution >= 4 is 37.8 Å². The van der Waals surface area contributed by atoms with Crippen molar-refractivity contribution in [1.82, 2.24) is 5.32 Å². The first-order valence-electron chi connectivity index (χ1n) is 6.91. The van der Waals surface area contributed by atoms with Gasteiger partial charge in [0.25, 0.3) is 5.91 Å². The van der Waals surface area contributed by atoms with E-state index in [0.717, 1.165) is 11.8 Å². The van der Waals surface area contributed by atoms with E-state index in [0.29, 0.717) is 22.9 Å². The van der Waals surface area contributed by atoms with Crippen molar-refractivity contribution in [3.8, 4) is 0 Å². The number of nitrogens with one attached hydrogen (secondary N) is 1. The molecule has 1 aliphatic carbocycles. The number of amides is 1. The van der Waals surface area contributed by atoms with Crippen LogP contribution < -0.4 is 5.32 Å². The largest absolute Gasteiger partial charge is 0.352 e. The minimum Gasteiger partial charge on any atom is -0.352 e. The van der Waals surface area contributed by atoms with E-state index in [1.165, 1.54) is 31.4 Å². The van der Waals surface area contributed by atoms with Crippen molar-refractivity contribution in [2.75, 3.05) is 11.9 Å². The van der Waals surface area contributed by atoms with E-state index in [4.69, 9.17) is 0 Å². The number of carbonyl (C=O) groups is 1. The van der Waals surface area contributed by atoms with Gasteiger partial charge in [0.1, 0.15) is 5.82 Å². The van der Waals surface area contributed by atoms with Crippen LogP contribution in [0.3, 0.4) is 0 Å².